The Morgan fingerprint density at radius 2 is 1.79 bits per heavy atom. The molecule has 0 saturated heterocycles. The Kier molecular flexibility index (Phi) is 5.11. The van der Waals surface area contributed by atoms with Gasteiger partial charge in [0, 0.05) is 10.0 Å². The zero-order valence-electron chi connectivity index (χ0n) is 11.3. The number of ketones is 1. The average molecular weight is 328 g/mol. The summed E-state index contributed by atoms with van der Waals surface area (Å²) in [7, 11) is 0. The number of rotatable bonds is 4. The van der Waals surface area contributed by atoms with Crippen LogP contribution in [0.1, 0.15) is 37.6 Å². The number of primary amides is 1. The molecule has 0 fully saturated rings. The van der Waals surface area contributed by atoms with Gasteiger partial charge in [0.2, 0.25) is 5.78 Å². The molecule has 0 aliphatic rings. The Morgan fingerprint density at radius 1 is 1.26 bits per heavy atom. The quantitative estimate of drug-likeness (QED) is 0.860. The van der Waals surface area contributed by atoms with E-state index in [1.807, 2.05) is 20.8 Å². The second kappa shape index (κ2) is 6.19. The van der Waals surface area contributed by atoms with Gasteiger partial charge < -0.3 is 10.5 Å². The highest BCUT2D eigenvalue weighted by atomic mass is 79.9. The smallest absolute Gasteiger partial charge is 0.405 e. The lowest BCUT2D eigenvalue weighted by atomic mass is 9.86. The Bertz CT molecular complexity index is 463. The molecule has 0 unspecified atom stereocenters. The van der Waals surface area contributed by atoms with Crippen LogP contribution in [-0.4, -0.2) is 18.0 Å². The Balaban J connectivity index is 2.93. The fourth-order valence-corrected chi connectivity index (χ4v) is 1.95. The molecule has 0 aromatic heterocycles. The van der Waals surface area contributed by atoms with Gasteiger partial charge in [0.25, 0.3) is 0 Å². The molecule has 1 aromatic rings. The first kappa shape index (κ1) is 15.7. The lowest BCUT2D eigenvalue weighted by Crippen LogP contribution is -2.33. The van der Waals surface area contributed by atoms with Crippen molar-refractivity contribution in [1.82, 2.24) is 0 Å². The SMILES string of the molecule is CC(C)(C)C[C@H](OC(N)=O)C(=O)c1ccc(Br)cc1. The predicted molar refractivity (Wildman–Crippen MR) is 77.0 cm³/mol. The highest BCUT2D eigenvalue weighted by molar-refractivity contribution is 9.10. The molecular weight excluding hydrogens is 310 g/mol. The summed E-state index contributed by atoms with van der Waals surface area (Å²) >= 11 is 3.30. The van der Waals surface area contributed by atoms with E-state index >= 15 is 0 Å². The minimum Gasteiger partial charge on any atom is -0.438 e. The predicted octanol–water partition coefficient (Wildman–Crippen LogP) is 3.53. The first-order valence-corrected chi connectivity index (χ1v) is 6.74. The molecule has 1 rings (SSSR count). The maximum atomic E-state index is 12.3. The Hall–Kier alpha value is -1.36. The van der Waals surface area contributed by atoms with E-state index in [1.54, 1.807) is 24.3 Å². The van der Waals surface area contributed by atoms with Crippen molar-refractivity contribution in [1.29, 1.82) is 0 Å². The van der Waals surface area contributed by atoms with Crippen molar-refractivity contribution in [2.75, 3.05) is 0 Å². The van der Waals surface area contributed by atoms with Crippen molar-refractivity contribution in [3.63, 3.8) is 0 Å². The van der Waals surface area contributed by atoms with Crippen LogP contribution in [0.3, 0.4) is 0 Å². The molecule has 1 atom stereocenters. The zero-order valence-corrected chi connectivity index (χ0v) is 12.9. The standard InChI is InChI=1S/C14H18BrNO3/c1-14(2,3)8-11(19-13(16)18)12(17)9-4-6-10(15)7-5-9/h4-7,11H,8H2,1-3H3,(H2,16,18)/t11-/m0/s1. The van der Waals surface area contributed by atoms with Gasteiger partial charge in [0.1, 0.15) is 0 Å². The summed E-state index contributed by atoms with van der Waals surface area (Å²) in [5.41, 5.74) is 5.38. The maximum absolute atomic E-state index is 12.3. The lowest BCUT2D eigenvalue weighted by molar-refractivity contribution is 0.0542. The fraction of sp³-hybridized carbons (Fsp3) is 0.429. The number of carbonyl (C=O) groups is 2. The van der Waals surface area contributed by atoms with Crippen LogP contribution in [0.25, 0.3) is 0 Å². The molecule has 0 heterocycles. The van der Waals surface area contributed by atoms with Gasteiger partial charge in [-0.1, -0.05) is 48.8 Å². The van der Waals surface area contributed by atoms with Gasteiger partial charge in [0.15, 0.2) is 6.10 Å². The summed E-state index contributed by atoms with van der Waals surface area (Å²) in [5, 5.41) is 0. The summed E-state index contributed by atoms with van der Waals surface area (Å²) in [6.07, 6.45) is -1.36. The first-order chi connectivity index (χ1) is 8.69. The monoisotopic (exact) mass is 327 g/mol. The molecule has 4 nitrogen and oxygen atoms in total. The van der Waals surface area contributed by atoms with Crippen LogP contribution in [0.5, 0.6) is 0 Å². The van der Waals surface area contributed by atoms with E-state index in [0.717, 1.165) is 4.47 Å². The van der Waals surface area contributed by atoms with E-state index < -0.39 is 12.2 Å². The van der Waals surface area contributed by atoms with E-state index in [1.165, 1.54) is 0 Å². The molecule has 0 bridgehead atoms. The van der Waals surface area contributed by atoms with Crippen LogP contribution >= 0.6 is 15.9 Å². The number of ether oxygens (including phenoxy) is 1. The number of nitrogens with two attached hydrogens (primary N) is 1. The van der Waals surface area contributed by atoms with E-state index in [0.29, 0.717) is 12.0 Å². The molecule has 0 saturated carbocycles. The first-order valence-electron chi connectivity index (χ1n) is 5.95. The molecule has 104 valence electrons. The number of hydrogen-bond donors (Lipinski definition) is 1. The second-order valence-electron chi connectivity index (χ2n) is 5.56. The molecule has 0 spiro atoms. The maximum Gasteiger partial charge on any atom is 0.405 e. The molecule has 5 heteroatoms. The van der Waals surface area contributed by atoms with Gasteiger partial charge in [-0.25, -0.2) is 4.79 Å². The lowest BCUT2D eigenvalue weighted by Gasteiger charge is -2.24. The van der Waals surface area contributed by atoms with Gasteiger partial charge in [0.05, 0.1) is 0 Å². The molecule has 1 aromatic carbocycles. The normalized spacial score (nSPS) is 12.8. The van der Waals surface area contributed by atoms with Gasteiger partial charge in [-0.05, 0) is 24.0 Å². The highest BCUT2D eigenvalue weighted by Crippen LogP contribution is 2.25. The van der Waals surface area contributed by atoms with Crippen LogP contribution in [-0.2, 0) is 4.74 Å². The molecule has 19 heavy (non-hydrogen) atoms. The zero-order chi connectivity index (χ0) is 14.6. The molecule has 1 amide bonds. The minimum absolute atomic E-state index is 0.148. The van der Waals surface area contributed by atoms with Gasteiger partial charge in [-0.3, -0.25) is 4.79 Å². The summed E-state index contributed by atoms with van der Waals surface area (Å²) in [4.78, 5) is 23.2. The summed E-state index contributed by atoms with van der Waals surface area (Å²) in [6, 6.07) is 6.91. The van der Waals surface area contributed by atoms with E-state index in [9.17, 15) is 9.59 Å². The average Bonchev–Trinajstić information content (AvgIpc) is 2.25. The van der Waals surface area contributed by atoms with Crippen molar-refractivity contribution in [3.8, 4) is 0 Å². The third kappa shape index (κ3) is 5.42. The van der Waals surface area contributed by atoms with E-state index in [-0.39, 0.29) is 11.2 Å². The minimum atomic E-state index is -0.931. The molecular formula is C14H18BrNO3. The van der Waals surface area contributed by atoms with Crippen molar-refractivity contribution < 1.29 is 14.3 Å². The molecule has 0 radical (unpaired) electrons. The largest absolute Gasteiger partial charge is 0.438 e. The fourth-order valence-electron chi connectivity index (χ4n) is 1.68. The number of halogens is 1. The Morgan fingerprint density at radius 3 is 2.21 bits per heavy atom. The molecule has 0 aliphatic carbocycles. The van der Waals surface area contributed by atoms with Crippen molar-refractivity contribution in [2.24, 2.45) is 11.1 Å². The van der Waals surface area contributed by atoms with Crippen molar-refractivity contribution in [3.05, 3.63) is 34.3 Å². The number of carbonyl (C=O) groups excluding carboxylic acids is 2. The third-order valence-corrected chi connectivity index (χ3v) is 3.01. The van der Waals surface area contributed by atoms with Crippen LogP contribution in [0.15, 0.2) is 28.7 Å². The highest BCUT2D eigenvalue weighted by Gasteiger charge is 2.28. The van der Waals surface area contributed by atoms with E-state index in [4.69, 9.17) is 10.5 Å². The second-order valence-corrected chi connectivity index (χ2v) is 6.48. The number of Topliss-reactive ketones (excluding diaryl/α,β-unsaturated/α-hetero) is 1. The summed E-state index contributed by atoms with van der Waals surface area (Å²) in [5.74, 6) is -0.235. The summed E-state index contributed by atoms with van der Waals surface area (Å²) in [6.45, 7) is 5.91. The topological polar surface area (TPSA) is 69.4 Å². The third-order valence-electron chi connectivity index (χ3n) is 2.48. The van der Waals surface area contributed by atoms with Crippen molar-refractivity contribution in [2.45, 2.75) is 33.3 Å². The van der Waals surface area contributed by atoms with Gasteiger partial charge in [-0.15, -0.1) is 0 Å². The van der Waals surface area contributed by atoms with Crippen LogP contribution in [0.4, 0.5) is 4.79 Å². The molecule has 0 aliphatic heterocycles. The van der Waals surface area contributed by atoms with Gasteiger partial charge in [-0.2, -0.15) is 0 Å². The van der Waals surface area contributed by atoms with E-state index in [2.05, 4.69) is 15.9 Å². The number of hydrogen-bond acceptors (Lipinski definition) is 3. The number of benzene rings is 1. The van der Waals surface area contributed by atoms with Crippen LogP contribution in [0, 0.1) is 5.41 Å². The summed E-state index contributed by atoms with van der Waals surface area (Å²) < 4.78 is 5.83. The van der Waals surface area contributed by atoms with Crippen molar-refractivity contribution >= 4 is 27.8 Å². The van der Waals surface area contributed by atoms with Gasteiger partial charge >= 0.3 is 6.09 Å². The Labute approximate surface area is 121 Å². The van der Waals surface area contributed by atoms with Crippen LogP contribution in [0.2, 0.25) is 0 Å². The van der Waals surface area contributed by atoms with Crippen LogP contribution < -0.4 is 5.73 Å². The molecule has 2 N–H and O–H groups in total. The number of amides is 1.